The van der Waals surface area contributed by atoms with Gasteiger partial charge in [-0.2, -0.15) is 0 Å². The molecule has 0 bridgehead atoms. The van der Waals surface area contributed by atoms with Crippen molar-refractivity contribution >= 4 is 5.97 Å². The van der Waals surface area contributed by atoms with E-state index in [1.54, 1.807) is 6.07 Å². The maximum absolute atomic E-state index is 13.4. The van der Waals surface area contributed by atoms with Gasteiger partial charge in [-0.1, -0.05) is 12.1 Å². The molecule has 0 aliphatic carbocycles. The third-order valence-electron chi connectivity index (χ3n) is 2.83. The summed E-state index contributed by atoms with van der Waals surface area (Å²) in [5.41, 5.74) is 0.219. The number of aliphatic carboxylic acids is 1. The lowest BCUT2D eigenvalue weighted by Crippen LogP contribution is -2.31. The Morgan fingerprint density at radius 3 is 3.00 bits per heavy atom. The van der Waals surface area contributed by atoms with E-state index in [1.165, 1.54) is 6.07 Å². The molecule has 0 radical (unpaired) electrons. The first-order valence-corrected chi connectivity index (χ1v) is 5.18. The van der Waals surface area contributed by atoms with Crippen molar-refractivity contribution in [3.63, 3.8) is 0 Å². The van der Waals surface area contributed by atoms with Gasteiger partial charge in [-0.15, -0.1) is 0 Å². The molecule has 1 heterocycles. The van der Waals surface area contributed by atoms with Crippen molar-refractivity contribution in [2.24, 2.45) is 0 Å². The maximum atomic E-state index is 13.4. The highest BCUT2D eigenvalue weighted by Gasteiger charge is 2.36. The first-order chi connectivity index (χ1) is 7.50. The van der Waals surface area contributed by atoms with Crippen molar-refractivity contribution in [3.05, 3.63) is 29.6 Å². The van der Waals surface area contributed by atoms with E-state index in [0.717, 1.165) is 5.56 Å². The lowest BCUT2D eigenvalue weighted by Gasteiger charge is -2.22. The largest absolute Gasteiger partial charge is 0.484 e. The molecule has 3 nitrogen and oxygen atoms in total. The fourth-order valence-corrected chi connectivity index (χ4v) is 2.00. The average Bonchev–Trinajstić information content (AvgIpc) is 2.55. The fraction of sp³-hybridized carbons (Fsp3) is 0.417. The molecule has 1 aliphatic rings. The van der Waals surface area contributed by atoms with Crippen LogP contribution >= 0.6 is 0 Å². The highest BCUT2D eigenvalue weighted by Crippen LogP contribution is 2.38. The van der Waals surface area contributed by atoms with Gasteiger partial charge in [0.25, 0.3) is 0 Å². The van der Waals surface area contributed by atoms with Gasteiger partial charge in [0.05, 0.1) is 0 Å². The topological polar surface area (TPSA) is 46.5 Å². The number of carboxylic acid groups (broad SMARTS) is 1. The number of benzene rings is 1. The second-order valence-electron chi connectivity index (χ2n) is 4.35. The number of rotatable bonds is 3. The van der Waals surface area contributed by atoms with Crippen molar-refractivity contribution in [1.29, 1.82) is 0 Å². The van der Waals surface area contributed by atoms with Crippen LogP contribution in [0.3, 0.4) is 0 Å². The number of ether oxygens (including phenoxy) is 1. The first kappa shape index (κ1) is 10.9. The summed E-state index contributed by atoms with van der Waals surface area (Å²) >= 11 is 0. The maximum Gasteiger partial charge on any atom is 0.303 e. The second-order valence-corrected chi connectivity index (χ2v) is 4.35. The molecular weight excluding hydrogens is 211 g/mol. The summed E-state index contributed by atoms with van der Waals surface area (Å²) in [5.74, 6) is -0.965. The van der Waals surface area contributed by atoms with Gasteiger partial charge in [0.1, 0.15) is 5.60 Å². The number of para-hydroxylation sites is 1. The Bertz CT molecular complexity index is 430. The van der Waals surface area contributed by atoms with Crippen LogP contribution in [0.2, 0.25) is 0 Å². The SMILES string of the molecule is CC1(CCC(=O)O)Cc2cccc(F)c2O1. The van der Waals surface area contributed by atoms with Gasteiger partial charge < -0.3 is 9.84 Å². The third-order valence-corrected chi connectivity index (χ3v) is 2.83. The van der Waals surface area contributed by atoms with Gasteiger partial charge in [0.2, 0.25) is 0 Å². The van der Waals surface area contributed by atoms with Crippen LogP contribution < -0.4 is 4.74 Å². The van der Waals surface area contributed by atoms with Crippen molar-refractivity contribution in [2.45, 2.75) is 31.8 Å². The molecule has 1 unspecified atom stereocenters. The van der Waals surface area contributed by atoms with Gasteiger partial charge in [0, 0.05) is 18.4 Å². The number of fused-ring (bicyclic) bond motifs is 1. The number of halogens is 1. The highest BCUT2D eigenvalue weighted by molar-refractivity contribution is 5.66. The van der Waals surface area contributed by atoms with Crippen LogP contribution in [0.4, 0.5) is 4.39 Å². The number of hydrogen-bond donors (Lipinski definition) is 1. The summed E-state index contributed by atoms with van der Waals surface area (Å²) in [6.07, 6.45) is 0.982. The summed E-state index contributed by atoms with van der Waals surface area (Å²) < 4.78 is 18.9. The molecule has 0 spiro atoms. The van der Waals surface area contributed by atoms with Gasteiger partial charge in [-0.05, 0) is 19.4 Å². The molecule has 2 rings (SSSR count). The molecule has 1 aromatic carbocycles. The summed E-state index contributed by atoms with van der Waals surface area (Å²) in [6.45, 7) is 1.81. The quantitative estimate of drug-likeness (QED) is 0.857. The molecule has 0 aromatic heterocycles. The molecule has 16 heavy (non-hydrogen) atoms. The summed E-state index contributed by atoms with van der Waals surface area (Å²) in [4.78, 5) is 10.5. The minimum Gasteiger partial charge on any atom is -0.484 e. The summed E-state index contributed by atoms with van der Waals surface area (Å²) in [7, 11) is 0. The molecule has 0 saturated carbocycles. The smallest absolute Gasteiger partial charge is 0.303 e. The molecule has 0 fully saturated rings. The van der Waals surface area contributed by atoms with Crippen LogP contribution in [0.15, 0.2) is 18.2 Å². The van der Waals surface area contributed by atoms with Crippen LogP contribution in [0.25, 0.3) is 0 Å². The van der Waals surface area contributed by atoms with Crippen LogP contribution in [0.5, 0.6) is 5.75 Å². The van der Waals surface area contributed by atoms with Crippen molar-refractivity contribution in [1.82, 2.24) is 0 Å². The van der Waals surface area contributed by atoms with Gasteiger partial charge in [-0.3, -0.25) is 4.79 Å². The Balaban J connectivity index is 2.15. The number of carbonyl (C=O) groups is 1. The molecular formula is C12H13FO3. The summed E-state index contributed by atoms with van der Waals surface area (Å²) in [6, 6.07) is 4.80. The predicted octanol–water partition coefficient (Wildman–Crippen LogP) is 2.38. The van der Waals surface area contributed by atoms with E-state index in [2.05, 4.69) is 0 Å². The Labute approximate surface area is 92.9 Å². The lowest BCUT2D eigenvalue weighted by molar-refractivity contribution is -0.138. The number of carboxylic acids is 1. The van der Waals surface area contributed by atoms with Crippen molar-refractivity contribution in [2.75, 3.05) is 0 Å². The first-order valence-electron chi connectivity index (χ1n) is 5.18. The molecule has 1 aromatic rings. The van der Waals surface area contributed by atoms with Crippen LogP contribution in [-0.4, -0.2) is 16.7 Å². The van der Waals surface area contributed by atoms with E-state index in [9.17, 15) is 9.18 Å². The van der Waals surface area contributed by atoms with E-state index < -0.39 is 11.6 Å². The molecule has 0 saturated heterocycles. The third kappa shape index (κ3) is 2.01. The van der Waals surface area contributed by atoms with E-state index >= 15 is 0 Å². The molecule has 0 amide bonds. The van der Waals surface area contributed by atoms with Crippen LogP contribution in [0, 0.1) is 5.82 Å². The Morgan fingerprint density at radius 1 is 1.62 bits per heavy atom. The molecule has 4 heteroatoms. The van der Waals surface area contributed by atoms with Crippen molar-refractivity contribution in [3.8, 4) is 5.75 Å². The Kier molecular flexibility index (Phi) is 2.58. The normalized spacial score (nSPS) is 22.6. The van der Waals surface area contributed by atoms with E-state index in [0.29, 0.717) is 12.8 Å². The molecule has 1 N–H and O–H groups in total. The Morgan fingerprint density at radius 2 is 2.38 bits per heavy atom. The standard InChI is InChI=1S/C12H13FO3/c1-12(6-5-10(14)15)7-8-3-2-4-9(13)11(8)16-12/h2-4H,5-7H2,1H3,(H,14,15). The monoisotopic (exact) mass is 224 g/mol. The zero-order chi connectivity index (χ0) is 11.8. The van der Waals surface area contributed by atoms with E-state index in [-0.39, 0.29) is 18.0 Å². The number of hydrogen-bond acceptors (Lipinski definition) is 2. The van der Waals surface area contributed by atoms with E-state index in [1.807, 2.05) is 13.0 Å². The van der Waals surface area contributed by atoms with Gasteiger partial charge in [-0.25, -0.2) is 4.39 Å². The average molecular weight is 224 g/mol. The van der Waals surface area contributed by atoms with Gasteiger partial charge in [0.15, 0.2) is 11.6 Å². The van der Waals surface area contributed by atoms with Crippen LogP contribution in [0.1, 0.15) is 25.3 Å². The zero-order valence-corrected chi connectivity index (χ0v) is 9.00. The molecule has 1 atom stereocenters. The predicted molar refractivity (Wildman–Crippen MR) is 56.0 cm³/mol. The lowest BCUT2D eigenvalue weighted by atomic mass is 9.94. The highest BCUT2D eigenvalue weighted by atomic mass is 19.1. The van der Waals surface area contributed by atoms with Crippen molar-refractivity contribution < 1.29 is 19.0 Å². The van der Waals surface area contributed by atoms with Gasteiger partial charge >= 0.3 is 5.97 Å². The second kappa shape index (κ2) is 3.77. The molecule has 1 aliphatic heterocycles. The van der Waals surface area contributed by atoms with Crippen LogP contribution in [-0.2, 0) is 11.2 Å². The summed E-state index contributed by atoms with van der Waals surface area (Å²) in [5, 5.41) is 8.63. The minimum absolute atomic E-state index is 0.0338. The minimum atomic E-state index is -0.860. The Hall–Kier alpha value is -1.58. The fourth-order valence-electron chi connectivity index (χ4n) is 2.00. The zero-order valence-electron chi connectivity index (χ0n) is 9.00. The van der Waals surface area contributed by atoms with E-state index in [4.69, 9.17) is 9.84 Å². The molecule has 86 valence electrons.